The van der Waals surface area contributed by atoms with Crippen LogP contribution in [0.4, 0.5) is 0 Å². The fourth-order valence-corrected chi connectivity index (χ4v) is 2.47. The molecule has 1 aliphatic rings. The average Bonchev–Trinajstić information content (AvgIpc) is 2.31. The molecule has 1 saturated heterocycles. The van der Waals surface area contributed by atoms with Gasteiger partial charge in [-0.3, -0.25) is 0 Å². The van der Waals surface area contributed by atoms with Crippen LogP contribution >= 0.6 is 0 Å². The lowest BCUT2D eigenvalue weighted by molar-refractivity contribution is 0.0202. The third-order valence-electron chi connectivity index (χ3n) is 3.50. The summed E-state index contributed by atoms with van der Waals surface area (Å²) in [5, 5.41) is 3.41. The number of nitrogens with one attached hydrogen (secondary N) is 1. The van der Waals surface area contributed by atoms with Gasteiger partial charge in [0, 0.05) is 18.1 Å². The molecule has 1 N–H and O–H groups in total. The van der Waals surface area contributed by atoms with Crippen molar-refractivity contribution in [2.24, 2.45) is 0 Å². The number of likely N-dealkylation sites (N-methyl/N-ethyl adjacent to an activating group) is 1. The minimum absolute atomic E-state index is 0.105. The van der Waals surface area contributed by atoms with Crippen LogP contribution in [0.15, 0.2) is 30.3 Å². The van der Waals surface area contributed by atoms with Crippen molar-refractivity contribution in [2.75, 3.05) is 20.3 Å². The number of hydrogen-bond acceptors (Lipinski definition) is 2. The van der Waals surface area contributed by atoms with E-state index in [9.17, 15) is 0 Å². The molecule has 0 aliphatic carbocycles. The van der Waals surface area contributed by atoms with E-state index in [4.69, 9.17) is 4.74 Å². The molecule has 0 spiro atoms. The second kappa shape index (κ2) is 4.33. The molecule has 0 bridgehead atoms. The van der Waals surface area contributed by atoms with Crippen molar-refractivity contribution in [2.45, 2.75) is 24.8 Å². The summed E-state index contributed by atoms with van der Waals surface area (Å²) in [5.74, 6) is 0. The zero-order valence-corrected chi connectivity index (χ0v) is 9.49. The third-order valence-corrected chi connectivity index (χ3v) is 3.50. The van der Waals surface area contributed by atoms with Gasteiger partial charge in [0.25, 0.3) is 0 Å². The molecule has 82 valence electrons. The van der Waals surface area contributed by atoms with Crippen LogP contribution in [-0.4, -0.2) is 26.3 Å². The Hall–Kier alpha value is -0.860. The van der Waals surface area contributed by atoms with Crippen LogP contribution in [0.25, 0.3) is 0 Å². The summed E-state index contributed by atoms with van der Waals surface area (Å²) in [7, 11) is 2.04. The van der Waals surface area contributed by atoms with Crippen molar-refractivity contribution in [1.29, 1.82) is 0 Å². The van der Waals surface area contributed by atoms with Crippen molar-refractivity contribution in [3.63, 3.8) is 0 Å². The molecule has 0 amide bonds. The number of benzene rings is 1. The highest BCUT2D eigenvalue weighted by atomic mass is 16.5. The van der Waals surface area contributed by atoms with E-state index in [1.165, 1.54) is 5.56 Å². The number of hydrogen-bond donors (Lipinski definition) is 1. The molecule has 1 fully saturated rings. The minimum atomic E-state index is 0.105. The lowest BCUT2D eigenvalue weighted by Gasteiger charge is -2.41. The predicted octanol–water partition coefficient (Wildman–Crippen LogP) is 1.95. The van der Waals surface area contributed by atoms with Crippen molar-refractivity contribution >= 4 is 0 Å². The van der Waals surface area contributed by atoms with Crippen LogP contribution in [0.5, 0.6) is 0 Å². The van der Waals surface area contributed by atoms with Crippen LogP contribution in [-0.2, 0) is 10.2 Å². The summed E-state index contributed by atoms with van der Waals surface area (Å²) >= 11 is 0. The largest absolute Gasteiger partial charge is 0.380 e. The van der Waals surface area contributed by atoms with E-state index in [0.29, 0.717) is 6.04 Å². The Kier molecular flexibility index (Phi) is 3.08. The Morgan fingerprint density at radius 1 is 1.33 bits per heavy atom. The molecule has 0 aromatic heterocycles. The van der Waals surface area contributed by atoms with Crippen LogP contribution in [0, 0.1) is 0 Å². The van der Waals surface area contributed by atoms with Crippen LogP contribution in [0.3, 0.4) is 0 Å². The Bertz CT molecular complexity index is 312. The maximum absolute atomic E-state index is 5.63. The quantitative estimate of drug-likeness (QED) is 0.797. The highest BCUT2D eigenvalue weighted by Gasteiger charge is 2.37. The molecule has 1 aromatic carbocycles. The first-order valence-electron chi connectivity index (χ1n) is 5.58. The highest BCUT2D eigenvalue weighted by Crippen LogP contribution is 2.32. The summed E-state index contributed by atoms with van der Waals surface area (Å²) in [6.07, 6.45) is 1.09. The van der Waals surface area contributed by atoms with E-state index in [-0.39, 0.29) is 5.41 Å². The molecule has 0 radical (unpaired) electrons. The number of rotatable bonds is 2. The van der Waals surface area contributed by atoms with Crippen molar-refractivity contribution < 1.29 is 4.74 Å². The molecule has 15 heavy (non-hydrogen) atoms. The standard InChI is InChI=1S/C13H19NO/c1-13(11-6-4-3-5-7-11)10-15-9-8-12(13)14-2/h3-7,12,14H,8-10H2,1-2H3. The van der Waals surface area contributed by atoms with Gasteiger partial charge in [-0.1, -0.05) is 37.3 Å². The first-order chi connectivity index (χ1) is 7.27. The van der Waals surface area contributed by atoms with Gasteiger partial charge < -0.3 is 10.1 Å². The van der Waals surface area contributed by atoms with Gasteiger partial charge in [0.05, 0.1) is 6.61 Å². The smallest absolute Gasteiger partial charge is 0.0575 e. The van der Waals surface area contributed by atoms with Gasteiger partial charge in [0.15, 0.2) is 0 Å². The monoisotopic (exact) mass is 205 g/mol. The molecule has 1 heterocycles. The zero-order chi connectivity index (χ0) is 10.7. The van der Waals surface area contributed by atoms with Gasteiger partial charge >= 0.3 is 0 Å². The molecule has 2 heteroatoms. The van der Waals surface area contributed by atoms with Crippen molar-refractivity contribution in [3.8, 4) is 0 Å². The van der Waals surface area contributed by atoms with E-state index in [0.717, 1.165) is 19.6 Å². The summed E-state index contributed by atoms with van der Waals surface area (Å²) < 4.78 is 5.63. The predicted molar refractivity (Wildman–Crippen MR) is 62.1 cm³/mol. The average molecular weight is 205 g/mol. The van der Waals surface area contributed by atoms with Gasteiger partial charge in [-0.25, -0.2) is 0 Å². The van der Waals surface area contributed by atoms with E-state index in [1.54, 1.807) is 0 Å². The minimum Gasteiger partial charge on any atom is -0.380 e. The number of ether oxygens (including phenoxy) is 1. The fraction of sp³-hybridized carbons (Fsp3) is 0.538. The Morgan fingerprint density at radius 2 is 2.07 bits per heavy atom. The van der Waals surface area contributed by atoms with Crippen LogP contribution in [0.2, 0.25) is 0 Å². The summed E-state index contributed by atoms with van der Waals surface area (Å²) in [4.78, 5) is 0. The maximum Gasteiger partial charge on any atom is 0.0575 e. The van der Waals surface area contributed by atoms with E-state index >= 15 is 0 Å². The van der Waals surface area contributed by atoms with Crippen LogP contribution in [0.1, 0.15) is 18.9 Å². The third kappa shape index (κ3) is 1.92. The molecule has 0 saturated carbocycles. The maximum atomic E-state index is 5.63. The first kappa shape index (κ1) is 10.7. The van der Waals surface area contributed by atoms with Crippen molar-refractivity contribution in [1.82, 2.24) is 5.32 Å². The zero-order valence-electron chi connectivity index (χ0n) is 9.49. The molecule has 2 unspecified atom stereocenters. The Morgan fingerprint density at radius 3 is 2.73 bits per heavy atom. The lowest BCUT2D eigenvalue weighted by Crippen LogP contribution is -2.51. The fourth-order valence-electron chi connectivity index (χ4n) is 2.47. The molecule has 2 rings (SSSR count). The summed E-state index contributed by atoms with van der Waals surface area (Å²) in [6.45, 7) is 3.96. The highest BCUT2D eigenvalue weighted by molar-refractivity contribution is 5.27. The van der Waals surface area contributed by atoms with E-state index < -0.39 is 0 Å². The van der Waals surface area contributed by atoms with Crippen molar-refractivity contribution in [3.05, 3.63) is 35.9 Å². The Balaban J connectivity index is 2.30. The molecular weight excluding hydrogens is 186 g/mol. The topological polar surface area (TPSA) is 21.3 Å². The lowest BCUT2D eigenvalue weighted by atomic mass is 9.74. The van der Waals surface area contributed by atoms with Gasteiger partial charge in [-0.2, -0.15) is 0 Å². The van der Waals surface area contributed by atoms with Gasteiger partial charge in [0.2, 0.25) is 0 Å². The van der Waals surface area contributed by atoms with Gasteiger partial charge in [0.1, 0.15) is 0 Å². The SMILES string of the molecule is CNC1CCOCC1(C)c1ccccc1. The molecular formula is C13H19NO. The molecule has 2 nitrogen and oxygen atoms in total. The molecule has 1 aromatic rings. The molecule has 2 atom stereocenters. The van der Waals surface area contributed by atoms with E-state index in [2.05, 4.69) is 42.6 Å². The second-order valence-electron chi connectivity index (χ2n) is 4.47. The first-order valence-corrected chi connectivity index (χ1v) is 5.58. The van der Waals surface area contributed by atoms with E-state index in [1.807, 2.05) is 7.05 Å². The summed E-state index contributed by atoms with van der Waals surface area (Å²) in [5.41, 5.74) is 1.47. The van der Waals surface area contributed by atoms with Crippen LogP contribution < -0.4 is 5.32 Å². The molecule has 1 aliphatic heterocycles. The Labute approximate surface area is 91.6 Å². The van der Waals surface area contributed by atoms with Gasteiger partial charge in [-0.15, -0.1) is 0 Å². The van der Waals surface area contributed by atoms with Gasteiger partial charge in [-0.05, 0) is 19.0 Å². The normalized spacial score (nSPS) is 31.5. The second-order valence-corrected chi connectivity index (χ2v) is 4.47. The summed E-state index contributed by atoms with van der Waals surface area (Å²) in [6, 6.07) is 11.2.